The highest BCUT2D eigenvalue weighted by Crippen LogP contribution is 2.39. The van der Waals surface area contributed by atoms with Crippen molar-refractivity contribution in [3.05, 3.63) is 44.6 Å². The summed E-state index contributed by atoms with van der Waals surface area (Å²) in [5.74, 6) is -1.30. The number of hydrogen-bond donors (Lipinski definition) is 2. The Hall–Kier alpha value is -3.07. The minimum Gasteiger partial charge on any atom is -0.397 e. The van der Waals surface area contributed by atoms with Gasteiger partial charge in [0.15, 0.2) is 0 Å². The van der Waals surface area contributed by atoms with Gasteiger partial charge in [-0.3, -0.25) is 14.5 Å². The van der Waals surface area contributed by atoms with E-state index in [1.807, 2.05) is 10.3 Å². The normalized spacial score (nSPS) is 21.4. The maximum atomic E-state index is 14.1. The second kappa shape index (κ2) is 15.7. The Kier molecular flexibility index (Phi) is 11.5. The standard InChI is InChI=1S/C35H47ClF3N7O3S/c1-42-8-2-9-43(16-15-42)26-4-12-45(13-5-26)33(48)25(17-23-18-28(35(37,38)39)32(40)29(36)19-23)20-31(47)44-10-6-27(7-11-44)46-14-3-24-21-50-22-30(24)41-34(46)49/h18-19,21-22,25-27H,2-17,20,40H2,1H3,(H,41,49)/t25-/m0/s1. The SMILES string of the molecule is CN1CCCN(C2CCN(C(=O)[C@H](CC(=O)N3CCC(N4CCc5cscc5NC4=O)CC3)Cc3cc(Cl)c(N)c(C(F)(F)F)c3)CC2)CC1. The lowest BCUT2D eigenvalue weighted by atomic mass is 9.91. The van der Waals surface area contributed by atoms with E-state index >= 15 is 0 Å². The first-order valence-corrected chi connectivity index (χ1v) is 19.0. The predicted octanol–water partition coefficient (Wildman–Crippen LogP) is 5.26. The van der Waals surface area contributed by atoms with Crippen molar-refractivity contribution in [3.63, 3.8) is 0 Å². The number of anilines is 2. The van der Waals surface area contributed by atoms with Crippen LogP contribution in [0.5, 0.6) is 0 Å². The number of nitrogens with one attached hydrogen (secondary N) is 1. The Morgan fingerprint density at radius 1 is 0.960 bits per heavy atom. The molecule has 1 aromatic carbocycles. The molecular weight excluding hydrogens is 691 g/mol. The summed E-state index contributed by atoms with van der Waals surface area (Å²) in [5, 5.41) is 6.77. The number of urea groups is 1. The predicted molar refractivity (Wildman–Crippen MR) is 189 cm³/mol. The highest BCUT2D eigenvalue weighted by Gasteiger charge is 2.38. The summed E-state index contributed by atoms with van der Waals surface area (Å²) in [4.78, 5) is 51.2. The molecule has 1 atom stereocenters. The lowest BCUT2D eigenvalue weighted by Crippen LogP contribution is -2.51. The fourth-order valence-corrected chi connectivity index (χ4v) is 9.04. The summed E-state index contributed by atoms with van der Waals surface area (Å²) >= 11 is 7.72. The van der Waals surface area contributed by atoms with Gasteiger partial charge >= 0.3 is 12.2 Å². The molecule has 0 aliphatic carbocycles. The average molecular weight is 738 g/mol. The van der Waals surface area contributed by atoms with Crippen molar-refractivity contribution >= 4 is 52.2 Å². The van der Waals surface area contributed by atoms with Gasteiger partial charge in [0.1, 0.15) is 0 Å². The van der Waals surface area contributed by atoms with Crippen LogP contribution in [0.4, 0.5) is 29.3 Å². The van der Waals surface area contributed by atoms with Crippen molar-refractivity contribution in [2.45, 2.75) is 69.6 Å². The number of nitrogen functional groups attached to an aromatic ring is 1. The minimum absolute atomic E-state index is 0.0206. The van der Waals surface area contributed by atoms with Gasteiger partial charge in [0.2, 0.25) is 11.8 Å². The Bertz CT molecular complexity index is 1540. The van der Waals surface area contributed by atoms with Crippen LogP contribution in [0.2, 0.25) is 5.02 Å². The van der Waals surface area contributed by atoms with E-state index in [1.54, 1.807) is 21.1 Å². The van der Waals surface area contributed by atoms with Crippen LogP contribution in [-0.2, 0) is 28.6 Å². The van der Waals surface area contributed by atoms with Gasteiger partial charge in [-0.2, -0.15) is 13.2 Å². The molecule has 3 saturated heterocycles. The van der Waals surface area contributed by atoms with Gasteiger partial charge in [-0.05, 0) is 93.7 Å². The van der Waals surface area contributed by atoms with Crippen LogP contribution < -0.4 is 11.1 Å². The number of rotatable bonds is 7. The number of fused-ring (bicyclic) bond motifs is 1. The lowest BCUT2D eigenvalue weighted by Gasteiger charge is -2.40. The zero-order chi connectivity index (χ0) is 35.6. The number of halogens is 4. The quantitative estimate of drug-likeness (QED) is 0.376. The number of hydrogen-bond acceptors (Lipinski definition) is 7. The molecule has 2 aromatic rings. The number of benzene rings is 1. The number of amides is 4. The Labute approximate surface area is 300 Å². The molecule has 50 heavy (non-hydrogen) atoms. The third kappa shape index (κ3) is 8.51. The fraction of sp³-hybridized carbons (Fsp3) is 0.629. The summed E-state index contributed by atoms with van der Waals surface area (Å²) in [6.07, 6.45) is -0.223. The van der Waals surface area contributed by atoms with E-state index in [1.165, 1.54) is 6.07 Å². The van der Waals surface area contributed by atoms with Gasteiger partial charge < -0.3 is 30.7 Å². The Morgan fingerprint density at radius 3 is 2.38 bits per heavy atom. The Balaban J connectivity index is 1.12. The van der Waals surface area contributed by atoms with Crippen molar-refractivity contribution in [1.82, 2.24) is 24.5 Å². The van der Waals surface area contributed by atoms with Crippen LogP contribution in [-0.4, -0.2) is 120 Å². The van der Waals surface area contributed by atoms with Crippen LogP contribution in [0.3, 0.4) is 0 Å². The van der Waals surface area contributed by atoms with Crippen LogP contribution in [0.15, 0.2) is 22.9 Å². The number of thiophene rings is 1. The second-order valence-electron chi connectivity index (χ2n) is 14.2. The maximum absolute atomic E-state index is 14.1. The van der Waals surface area contributed by atoms with E-state index in [9.17, 15) is 27.6 Å². The van der Waals surface area contributed by atoms with Crippen LogP contribution in [0, 0.1) is 5.92 Å². The first kappa shape index (κ1) is 36.7. The van der Waals surface area contributed by atoms with E-state index in [2.05, 4.69) is 27.5 Å². The molecule has 0 radical (unpaired) electrons. The summed E-state index contributed by atoms with van der Waals surface area (Å²) in [6, 6.07) is 2.54. The maximum Gasteiger partial charge on any atom is 0.418 e. The molecule has 15 heteroatoms. The molecule has 4 aliphatic rings. The molecule has 0 saturated carbocycles. The van der Waals surface area contributed by atoms with Crippen molar-refractivity contribution in [3.8, 4) is 0 Å². The summed E-state index contributed by atoms with van der Waals surface area (Å²) in [6.45, 7) is 6.60. The molecule has 4 amide bonds. The van der Waals surface area contributed by atoms with E-state index in [-0.39, 0.29) is 47.3 Å². The highest BCUT2D eigenvalue weighted by atomic mass is 35.5. The van der Waals surface area contributed by atoms with Crippen molar-refractivity contribution in [1.29, 1.82) is 0 Å². The van der Waals surface area contributed by atoms with Crippen molar-refractivity contribution in [2.75, 3.05) is 77.0 Å². The molecule has 4 aliphatic heterocycles. The highest BCUT2D eigenvalue weighted by molar-refractivity contribution is 7.08. The van der Waals surface area contributed by atoms with Gasteiger partial charge in [-0.15, -0.1) is 11.3 Å². The smallest absolute Gasteiger partial charge is 0.397 e. The van der Waals surface area contributed by atoms with Gasteiger partial charge in [-0.25, -0.2) is 4.79 Å². The zero-order valence-electron chi connectivity index (χ0n) is 28.5. The number of carbonyl (C=O) groups excluding carboxylic acids is 3. The summed E-state index contributed by atoms with van der Waals surface area (Å²) < 4.78 is 41.5. The topological polar surface area (TPSA) is 105 Å². The largest absolute Gasteiger partial charge is 0.418 e. The van der Waals surface area contributed by atoms with Gasteiger partial charge in [-0.1, -0.05) is 11.6 Å². The molecule has 274 valence electrons. The molecule has 0 spiro atoms. The van der Waals surface area contributed by atoms with Gasteiger partial charge in [0, 0.05) is 69.7 Å². The van der Waals surface area contributed by atoms with E-state index in [0.29, 0.717) is 51.6 Å². The first-order valence-electron chi connectivity index (χ1n) is 17.6. The number of alkyl halides is 3. The molecule has 0 bridgehead atoms. The van der Waals surface area contributed by atoms with E-state index in [4.69, 9.17) is 17.3 Å². The van der Waals surface area contributed by atoms with Gasteiger partial charge in [0.25, 0.3) is 0 Å². The molecule has 0 unspecified atom stereocenters. The third-order valence-electron chi connectivity index (χ3n) is 10.9. The number of likely N-dealkylation sites (tertiary alicyclic amines) is 2. The lowest BCUT2D eigenvalue weighted by molar-refractivity contribution is -0.143. The summed E-state index contributed by atoms with van der Waals surface area (Å²) in [7, 11) is 2.13. The average Bonchev–Trinajstić information content (AvgIpc) is 3.32. The zero-order valence-corrected chi connectivity index (χ0v) is 30.1. The number of nitrogens with zero attached hydrogens (tertiary/aromatic N) is 5. The molecule has 5 heterocycles. The molecule has 3 N–H and O–H groups in total. The molecule has 10 nitrogen and oxygen atoms in total. The van der Waals surface area contributed by atoms with Crippen LogP contribution in [0.1, 0.15) is 55.2 Å². The molecule has 6 rings (SSSR count). The monoisotopic (exact) mass is 737 g/mol. The van der Waals surface area contributed by atoms with Crippen molar-refractivity contribution < 1.29 is 27.6 Å². The van der Waals surface area contributed by atoms with Gasteiger partial charge in [0.05, 0.1) is 27.9 Å². The number of piperidine rings is 2. The molecular formula is C35H47ClF3N7O3S. The first-order chi connectivity index (χ1) is 23.9. The number of likely N-dealkylation sites (N-methyl/N-ethyl adjacent to an activating group) is 1. The van der Waals surface area contributed by atoms with Crippen LogP contribution >= 0.6 is 22.9 Å². The fourth-order valence-electron chi connectivity index (χ4n) is 7.97. The van der Waals surface area contributed by atoms with Crippen LogP contribution in [0.25, 0.3) is 0 Å². The number of carbonyl (C=O) groups is 3. The minimum atomic E-state index is -4.72. The van der Waals surface area contributed by atoms with E-state index < -0.39 is 23.3 Å². The Morgan fingerprint density at radius 2 is 1.66 bits per heavy atom. The summed E-state index contributed by atoms with van der Waals surface area (Å²) in [5.41, 5.74) is 6.28. The number of nitrogens with two attached hydrogens (primary N) is 1. The second-order valence-corrected chi connectivity index (χ2v) is 15.3. The molecule has 1 aromatic heterocycles. The third-order valence-corrected chi connectivity index (χ3v) is 12.0. The van der Waals surface area contributed by atoms with Crippen molar-refractivity contribution in [2.24, 2.45) is 5.92 Å². The molecule has 3 fully saturated rings. The van der Waals surface area contributed by atoms with E-state index in [0.717, 1.165) is 69.2 Å².